The van der Waals surface area contributed by atoms with Crippen molar-refractivity contribution in [3.63, 3.8) is 0 Å². The summed E-state index contributed by atoms with van der Waals surface area (Å²) in [6.45, 7) is 22.5. The molecule has 10 rings (SSSR count). The van der Waals surface area contributed by atoms with Crippen LogP contribution in [0.5, 0.6) is 0 Å². The summed E-state index contributed by atoms with van der Waals surface area (Å²) < 4.78 is 9.12. The first-order chi connectivity index (χ1) is 32.9. The van der Waals surface area contributed by atoms with Crippen LogP contribution in [0.4, 0.5) is 28.4 Å². The number of aryl methyl sites for hydroxylation is 2. The summed E-state index contributed by atoms with van der Waals surface area (Å²) in [5.74, 6) is 0. The van der Waals surface area contributed by atoms with Gasteiger partial charge in [0, 0.05) is 70.8 Å². The van der Waals surface area contributed by atoms with Crippen LogP contribution in [0.15, 0.2) is 230 Å². The maximum absolute atomic E-state index is 6.71. The number of hydrogen-bond donors (Lipinski definition) is 0. The molecule has 0 saturated carbocycles. The molecule has 0 N–H and O–H groups in total. The lowest BCUT2D eigenvalue weighted by molar-refractivity contribution is 0.672. The van der Waals surface area contributed by atoms with E-state index in [-0.39, 0.29) is 0 Å². The highest BCUT2D eigenvalue weighted by Crippen LogP contribution is 2.47. The van der Waals surface area contributed by atoms with Crippen LogP contribution >= 0.6 is 11.3 Å². The molecule has 2 aromatic heterocycles. The largest absolute Gasteiger partial charge is 0.455 e. The molecule has 0 amide bonds. The van der Waals surface area contributed by atoms with E-state index in [1.807, 2.05) is 107 Å². The number of allylic oxidation sites excluding steroid dienone is 6. The van der Waals surface area contributed by atoms with E-state index in [4.69, 9.17) is 4.42 Å². The SMILES string of the molecule is C=C/C=C(\C=C)N(c1cccc(C)c1)c1cccc2sc3cc(N(c4ccc(C)c(/C=C\C=C/C)c4)c4ccc5c(c4)oc4c6ccccc6ccc54)ccc3c12.CC.CC.c1ccccc1. The molecule has 0 unspecified atom stereocenters. The van der Waals surface area contributed by atoms with Crippen LogP contribution in [0.25, 0.3) is 59.0 Å². The van der Waals surface area contributed by atoms with Crippen LogP contribution in [0.2, 0.25) is 0 Å². The van der Waals surface area contributed by atoms with Gasteiger partial charge in [-0.15, -0.1) is 11.3 Å². The van der Waals surface area contributed by atoms with E-state index in [0.29, 0.717) is 0 Å². The van der Waals surface area contributed by atoms with Crippen LogP contribution in [-0.2, 0) is 0 Å². The molecule has 8 aromatic carbocycles. The van der Waals surface area contributed by atoms with Crippen LogP contribution in [-0.4, -0.2) is 0 Å². The highest BCUT2D eigenvalue weighted by molar-refractivity contribution is 7.26. The average molecular weight is 893 g/mol. The predicted octanol–water partition coefficient (Wildman–Crippen LogP) is 19.9. The van der Waals surface area contributed by atoms with Crippen molar-refractivity contribution in [1.29, 1.82) is 0 Å². The molecule has 0 fully saturated rings. The third-order valence-electron chi connectivity index (χ3n) is 11.3. The Balaban J connectivity index is 0.000000605. The molecule has 0 bridgehead atoms. The first kappa shape index (κ1) is 47.3. The standard InChI is InChI=1S/C53H42N2OS.C6H6.2C2H6/c1-6-9-10-18-38-32-41(25-23-36(38)5)54(42-26-29-45-46-28-24-37-17-11-12-20-44(37)53(46)56-49(45)33-42)43-27-30-47-51(34-43)57-50-22-14-21-48(52(47)50)55(39(8-3)15-7-2)40-19-13-16-35(4)31-40;1-2-4-6-5-3-1;2*1-2/h6-34H,2-3H2,1,4-5H3;1-6H;2*1-2H3/b9-6-,18-10-,39-15+;;;. The number of fused-ring (bicyclic) bond motifs is 8. The molecular formula is C63H60N2OS. The molecular weight excluding hydrogens is 833 g/mol. The first-order valence-electron chi connectivity index (χ1n) is 23.3. The Kier molecular flexibility index (Phi) is 15.9. The zero-order valence-electron chi connectivity index (χ0n) is 39.8. The Hall–Kier alpha value is -7.66. The smallest absolute Gasteiger partial charge is 0.143 e. The highest BCUT2D eigenvalue weighted by Gasteiger charge is 2.21. The summed E-state index contributed by atoms with van der Waals surface area (Å²) in [6, 6.07) is 60.2. The van der Waals surface area contributed by atoms with Crippen LogP contribution in [0.3, 0.4) is 0 Å². The van der Waals surface area contributed by atoms with Gasteiger partial charge in [0.2, 0.25) is 0 Å². The summed E-state index contributed by atoms with van der Waals surface area (Å²) in [7, 11) is 0. The zero-order valence-corrected chi connectivity index (χ0v) is 40.6. The maximum Gasteiger partial charge on any atom is 0.143 e. The fraction of sp³-hybridized carbons (Fsp3) is 0.111. The number of thiophene rings is 1. The Morgan fingerprint density at radius 3 is 1.96 bits per heavy atom. The zero-order chi connectivity index (χ0) is 47.3. The summed E-state index contributed by atoms with van der Waals surface area (Å²) in [4.78, 5) is 4.64. The van der Waals surface area contributed by atoms with E-state index in [0.717, 1.165) is 61.5 Å². The predicted molar refractivity (Wildman–Crippen MR) is 298 cm³/mol. The second-order valence-corrected chi connectivity index (χ2v) is 16.6. The summed E-state index contributed by atoms with van der Waals surface area (Å²) in [5, 5.41) is 6.93. The second-order valence-electron chi connectivity index (χ2n) is 15.5. The Labute approximate surface area is 401 Å². The van der Waals surface area contributed by atoms with Crippen molar-refractivity contribution in [3.05, 3.63) is 242 Å². The van der Waals surface area contributed by atoms with Crippen molar-refractivity contribution in [2.75, 3.05) is 9.80 Å². The molecule has 0 radical (unpaired) electrons. The van der Waals surface area contributed by atoms with E-state index in [2.05, 4.69) is 188 Å². The van der Waals surface area contributed by atoms with Gasteiger partial charge in [-0.25, -0.2) is 0 Å². The summed E-state index contributed by atoms with van der Waals surface area (Å²) in [6.07, 6.45) is 14.1. The first-order valence-corrected chi connectivity index (χ1v) is 24.1. The molecule has 10 aromatic rings. The number of rotatable bonds is 10. The van der Waals surface area contributed by atoms with Gasteiger partial charge in [0.15, 0.2) is 0 Å². The second kappa shape index (κ2) is 22.5. The van der Waals surface area contributed by atoms with Gasteiger partial charge < -0.3 is 14.2 Å². The third-order valence-corrected chi connectivity index (χ3v) is 12.5. The van der Waals surface area contributed by atoms with Crippen LogP contribution < -0.4 is 9.80 Å². The van der Waals surface area contributed by atoms with E-state index < -0.39 is 0 Å². The topological polar surface area (TPSA) is 19.6 Å². The minimum Gasteiger partial charge on any atom is -0.455 e. The van der Waals surface area contributed by atoms with Gasteiger partial charge in [0.1, 0.15) is 11.2 Å². The average Bonchev–Trinajstić information content (AvgIpc) is 3.95. The van der Waals surface area contributed by atoms with Crippen molar-refractivity contribution in [3.8, 4) is 0 Å². The van der Waals surface area contributed by atoms with Crippen molar-refractivity contribution >= 4 is 98.7 Å². The van der Waals surface area contributed by atoms with Crippen molar-refractivity contribution < 1.29 is 4.42 Å². The number of nitrogens with zero attached hydrogens (tertiary/aromatic N) is 2. The van der Waals surface area contributed by atoms with Gasteiger partial charge >= 0.3 is 0 Å². The van der Waals surface area contributed by atoms with Crippen molar-refractivity contribution in [2.45, 2.75) is 48.5 Å². The monoisotopic (exact) mass is 892 g/mol. The molecule has 0 spiro atoms. The molecule has 2 heterocycles. The molecule has 67 heavy (non-hydrogen) atoms. The maximum atomic E-state index is 6.71. The molecule has 0 aliphatic heterocycles. The Morgan fingerprint density at radius 1 is 0.567 bits per heavy atom. The lowest BCUT2D eigenvalue weighted by atomic mass is 10.0. The molecule has 3 nitrogen and oxygen atoms in total. The van der Waals surface area contributed by atoms with Crippen LogP contribution in [0, 0.1) is 13.8 Å². The minimum atomic E-state index is 0.860. The number of hydrogen-bond acceptors (Lipinski definition) is 4. The van der Waals surface area contributed by atoms with E-state index >= 15 is 0 Å². The summed E-state index contributed by atoms with van der Waals surface area (Å²) in [5.41, 5.74) is 11.6. The Morgan fingerprint density at radius 2 is 1.24 bits per heavy atom. The molecule has 0 aliphatic rings. The quantitative estimate of drug-likeness (QED) is 0.128. The van der Waals surface area contributed by atoms with Gasteiger partial charge in [0.05, 0.1) is 5.69 Å². The lowest BCUT2D eigenvalue weighted by Gasteiger charge is -2.27. The summed E-state index contributed by atoms with van der Waals surface area (Å²) >= 11 is 1.82. The molecule has 0 atom stereocenters. The van der Waals surface area contributed by atoms with Gasteiger partial charge in [-0.05, 0) is 122 Å². The number of benzene rings is 8. The van der Waals surface area contributed by atoms with Gasteiger partial charge in [-0.1, -0.05) is 168 Å². The van der Waals surface area contributed by atoms with Crippen LogP contribution in [0.1, 0.15) is 51.3 Å². The molecule has 4 heteroatoms. The third kappa shape index (κ3) is 10.1. The highest BCUT2D eigenvalue weighted by atomic mass is 32.1. The fourth-order valence-electron chi connectivity index (χ4n) is 8.35. The number of furan rings is 1. The minimum absolute atomic E-state index is 0.860. The van der Waals surface area contributed by atoms with Gasteiger partial charge in [-0.2, -0.15) is 0 Å². The normalized spacial score (nSPS) is 11.3. The lowest BCUT2D eigenvalue weighted by Crippen LogP contribution is -2.15. The van der Waals surface area contributed by atoms with Gasteiger partial charge in [-0.3, -0.25) is 0 Å². The molecule has 0 aliphatic carbocycles. The van der Waals surface area contributed by atoms with Gasteiger partial charge in [0.25, 0.3) is 0 Å². The Bertz CT molecular complexity index is 3360. The van der Waals surface area contributed by atoms with E-state index in [9.17, 15) is 0 Å². The molecule has 334 valence electrons. The van der Waals surface area contributed by atoms with Crippen molar-refractivity contribution in [2.24, 2.45) is 0 Å². The molecule has 0 saturated heterocycles. The van der Waals surface area contributed by atoms with Crippen molar-refractivity contribution in [1.82, 2.24) is 0 Å². The van der Waals surface area contributed by atoms with E-state index in [1.54, 1.807) is 0 Å². The number of anilines is 5. The van der Waals surface area contributed by atoms with E-state index in [1.165, 1.54) is 42.2 Å². The fourth-order valence-corrected chi connectivity index (χ4v) is 9.51.